The molecule has 8 nitrogen and oxygen atoms in total. The number of rotatable bonds is 7. The summed E-state index contributed by atoms with van der Waals surface area (Å²) in [5.41, 5.74) is 1.99. The summed E-state index contributed by atoms with van der Waals surface area (Å²) < 4.78 is 10.9. The summed E-state index contributed by atoms with van der Waals surface area (Å²) in [6.45, 7) is 1.70. The average Bonchev–Trinajstić information content (AvgIpc) is 3.47. The average molecular weight is 442 g/mol. The van der Waals surface area contributed by atoms with Crippen molar-refractivity contribution in [3.05, 3.63) is 112 Å². The van der Waals surface area contributed by atoms with E-state index in [1.807, 2.05) is 0 Å². The lowest BCUT2D eigenvalue weighted by Crippen LogP contribution is -2.12. The molecule has 0 aliphatic rings. The number of amides is 1. The molecule has 0 bridgehead atoms. The van der Waals surface area contributed by atoms with Crippen LogP contribution in [0.3, 0.4) is 0 Å². The number of nitro groups is 1. The third-order valence-corrected chi connectivity index (χ3v) is 4.90. The number of benzene rings is 2. The van der Waals surface area contributed by atoms with Gasteiger partial charge in [0.2, 0.25) is 0 Å². The van der Waals surface area contributed by atoms with E-state index < -0.39 is 4.92 Å². The molecule has 0 spiro atoms. The Morgan fingerprint density at radius 2 is 1.82 bits per heavy atom. The molecule has 1 amide bonds. The maximum Gasteiger partial charge on any atom is 0.269 e. The third kappa shape index (κ3) is 4.96. The Bertz CT molecular complexity index is 1360. The standard InChI is InChI=1S/C25H18N2O6/c1-16-22(13-14-32-16)25(29)26-19-4-2-3-18(15-19)23(28)11-9-21-10-12-24(33-21)17-5-7-20(8-6-17)27(30)31/h2-15H,1H3,(H,26,29)/b11-9+. The van der Waals surface area contributed by atoms with Gasteiger partial charge < -0.3 is 14.2 Å². The lowest BCUT2D eigenvalue weighted by Gasteiger charge is -2.05. The second-order valence-electron chi connectivity index (χ2n) is 7.13. The van der Waals surface area contributed by atoms with Crippen LogP contribution in [0.2, 0.25) is 0 Å². The third-order valence-electron chi connectivity index (χ3n) is 4.90. The zero-order chi connectivity index (χ0) is 23.4. The first-order chi connectivity index (χ1) is 15.9. The summed E-state index contributed by atoms with van der Waals surface area (Å²) in [6.07, 6.45) is 4.35. The highest BCUT2D eigenvalue weighted by Gasteiger charge is 2.13. The van der Waals surface area contributed by atoms with Crippen molar-refractivity contribution in [3.8, 4) is 11.3 Å². The van der Waals surface area contributed by atoms with Crippen LogP contribution in [0.15, 0.2) is 87.9 Å². The first-order valence-electron chi connectivity index (χ1n) is 9.93. The first kappa shape index (κ1) is 21.5. The van der Waals surface area contributed by atoms with Crippen molar-refractivity contribution >= 4 is 29.1 Å². The van der Waals surface area contributed by atoms with Gasteiger partial charge in [-0.15, -0.1) is 0 Å². The molecule has 2 aromatic heterocycles. The van der Waals surface area contributed by atoms with Crippen molar-refractivity contribution in [2.45, 2.75) is 6.92 Å². The molecule has 0 aliphatic heterocycles. The Balaban J connectivity index is 1.44. The van der Waals surface area contributed by atoms with Crippen LogP contribution < -0.4 is 5.32 Å². The molecule has 4 aromatic rings. The van der Waals surface area contributed by atoms with Crippen molar-refractivity contribution in [2.24, 2.45) is 0 Å². The van der Waals surface area contributed by atoms with E-state index >= 15 is 0 Å². The lowest BCUT2D eigenvalue weighted by molar-refractivity contribution is -0.384. The molecule has 2 heterocycles. The molecule has 8 heteroatoms. The SMILES string of the molecule is Cc1occc1C(=O)Nc1cccc(C(=O)/C=C/c2ccc(-c3ccc([N+](=O)[O-])cc3)o2)c1. The van der Waals surface area contributed by atoms with E-state index in [0.29, 0.717) is 39.7 Å². The number of furan rings is 2. The van der Waals surface area contributed by atoms with Gasteiger partial charge in [0, 0.05) is 28.9 Å². The topological polar surface area (TPSA) is 116 Å². The number of aryl methyl sites for hydroxylation is 1. The number of nitrogens with zero attached hydrogens (tertiary/aromatic N) is 1. The number of hydrogen-bond acceptors (Lipinski definition) is 6. The molecule has 0 aliphatic carbocycles. The summed E-state index contributed by atoms with van der Waals surface area (Å²) in [7, 11) is 0. The summed E-state index contributed by atoms with van der Waals surface area (Å²) in [4.78, 5) is 35.2. The van der Waals surface area contributed by atoms with Gasteiger partial charge in [-0.2, -0.15) is 0 Å². The molecule has 0 unspecified atom stereocenters. The molecule has 0 atom stereocenters. The van der Waals surface area contributed by atoms with Crippen LogP contribution in [0.25, 0.3) is 17.4 Å². The Morgan fingerprint density at radius 1 is 1.03 bits per heavy atom. The predicted molar refractivity (Wildman–Crippen MR) is 122 cm³/mol. The van der Waals surface area contributed by atoms with E-state index in [2.05, 4.69) is 5.32 Å². The van der Waals surface area contributed by atoms with E-state index in [0.717, 1.165) is 0 Å². The van der Waals surface area contributed by atoms with Gasteiger partial charge in [0.25, 0.3) is 11.6 Å². The number of carbonyl (C=O) groups excluding carboxylic acids is 2. The van der Waals surface area contributed by atoms with Gasteiger partial charge in [-0.05, 0) is 61.5 Å². The maximum atomic E-state index is 12.6. The number of nitrogens with one attached hydrogen (secondary N) is 1. The van der Waals surface area contributed by atoms with E-state index in [4.69, 9.17) is 8.83 Å². The molecule has 2 aromatic carbocycles. The highest BCUT2D eigenvalue weighted by atomic mass is 16.6. The van der Waals surface area contributed by atoms with Crippen LogP contribution in [0.4, 0.5) is 11.4 Å². The first-order valence-corrected chi connectivity index (χ1v) is 9.93. The van der Waals surface area contributed by atoms with Crippen molar-refractivity contribution < 1.29 is 23.3 Å². The van der Waals surface area contributed by atoms with E-state index in [9.17, 15) is 19.7 Å². The highest BCUT2D eigenvalue weighted by Crippen LogP contribution is 2.25. The monoisotopic (exact) mass is 442 g/mol. The molecular formula is C25H18N2O6. The van der Waals surface area contributed by atoms with Gasteiger partial charge in [-0.3, -0.25) is 19.7 Å². The largest absolute Gasteiger partial charge is 0.469 e. The Morgan fingerprint density at radius 3 is 2.52 bits per heavy atom. The number of non-ortho nitro benzene ring substituents is 1. The van der Waals surface area contributed by atoms with Crippen molar-refractivity contribution in [3.63, 3.8) is 0 Å². The van der Waals surface area contributed by atoms with E-state index in [1.165, 1.54) is 30.5 Å². The quantitative estimate of drug-likeness (QED) is 0.165. The highest BCUT2D eigenvalue weighted by molar-refractivity contribution is 6.09. The molecule has 0 radical (unpaired) electrons. The normalized spacial score (nSPS) is 10.9. The van der Waals surface area contributed by atoms with Gasteiger partial charge in [0.15, 0.2) is 5.78 Å². The van der Waals surface area contributed by atoms with Crippen LogP contribution in [-0.2, 0) is 0 Å². The summed E-state index contributed by atoms with van der Waals surface area (Å²) in [5, 5.41) is 13.5. The van der Waals surface area contributed by atoms with Crippen LogP contribution in [0.5, 0.6) is 0 Å². The van der Waals surface area contributed by atoms with Crippen LogP contribution in [0, 0.1) is 17.0 Å². The fraction of sp³-hybridized carbons (Fsp3) is 0.0400. The van der Waals surface area contributed by atoms with Crippen LogP contribution in [-0.4, -0.2) is 16.6 Å². The molecule has 1 N–H and O–H groups in total. The number of ketones is 1. The molecule has 0 fully saturated rings. The Hall–Kier alpha value is -4.72. The molecule has 0 saturated heterocycles. The van der Waals surface area contributed by atoms with Gasteiger partial charge in [0.05, 0.1) is 16.7 Å². The zero-order valence-corrected chi connectivity index (χ0v) is 17.5. The van der Waals surface area contributed by atoms with Crippen molar-refractivity contribution in [1.29, 1.82) is 0 Å². The fourth-order valence-corrected chi connectivity index (χ4v) is 3.17. The molecule has 4 rings (SSSR count). The maximum absolute atomic E-state index is 12.6. The van der Waals surface area contributed by atoms with E-state index in [1.54, 1.807) is 61.5 Å². The number of carbonyl (C=O) groups is 2. The minimum absolute atomic E-state index is 0.00524. The van der Waals surface area contributed by atoms with Gasteiger partial charge in [-0.25, -0.2) is 0 Å². The molecule has 33 heavy (non-hydrogen) atoms. The summed E-state index contributed by atoms with van der Waals surface area (Å²) in [5.74, 6) is 0.900. The molecular weight excluding hydrogens is 424 g/mol. The van der Waals surface area contributed by atoms with Gasteiger partial charge >= 0.3 is 0 Å². The Kier molecular flexibility index (Phi) is 5.99. The second kappa shape index (κ2) is 9.19. The predicted octanol–water partition coefficient (Wildman–Crippen LogP) is 5.90. The summed E-state index contributed by atoms with van der Waals surface area (Å²) >= 11 is 0. The number of nitro benzene ring substituents is 1. The summed E-state index contributed by atoms with van der Waals surface area (Å²) in [6, 6.07) is 17.6. The van der Waals surface area contributed by atoms with E-state index in [-0.39, 0.29) is 17.4 Å². The molecule has 164 valence electrons. The Labute approximate surface area is 188 Å². The smallest absolute Gasteiger partial charge is 0.269 e. The number of anilines is 1. The minimum Gasteiger partial charge on any atom is -0.469 e. The minimum atomic E-state index is -0.468. The van der Waals surface area contributed by atoms with Crippen molar-refractivity contribution in [1.82, 2.24) is 0 Å². The van der Waals surface area contributed by atoms with Gasteiger partial charge in [-0.1, -0.05) is 12.1 Å². The van der Waals surface area contributed by atoms with Crippen LogP contribution >= 0.6 is 0 Å². The number of allylic oxidation sites excluding steroid dienone is 1. The molecule has 0 saturated carbocycles. The van der Waals surface area contributed by atoms with Gasteiger partial charge in [0.1, 0.15) is 17.3 Å². The van der Waals surface area contributed by atoms with Crippen LogP contribution in [0.1, 0.15) is 32.2 Å². The zero-order valence-electron chi connectivity index (χ0n) is 17.5. The number of hydrogen-bond donors (Lipinski definition) is 1. The van der Waals surface area contributed by atoms with Crippen molar-refractivity contribution in [2.75, 3.05) is 5.32 Å². The lowest BCUT2D eigenvalue weighted by atomic mass is 10.1. The second-order valence-corrected chi connectivity index (χ2v) is 7.13. The fourth-order valence-electron chi connectivity index (χ4n) is 3.17.